The van der Waals surface area contributed by atoms with Crippen LogP contribution >= 0.6 is 0 Å². The largest absolute Gasteiger partial charge is 0.465 e. The van der Waals surface area contributed by atoms with Crippen LogP contribution in [-0.2, 0) is 38.1 Å². The number of hydrogen-bond donors (Lipinski definition) is 0. The molecule has 0 bridgehead atoms. The SMILES string of the molecule is COC(=O)C1=C(C(=O)OC)/C=C\C(COC(C)=O)=C(COC(C)=O)/C=C\1. The van der Waals surface area contributed by atoms with Crippen molar-refractivity contribution in [3.8, 4) is 0 Å². The fourth-order valence-electron chi connectivity index (χ4n) is 1.98. The molecule has 0 radical (unpaired) electrons. The molecule has 8 nitrogen and oxygen atoms in total. The van der Waals surface area contributed by atoms with E-state index < -0.39 is 23.9 Å². The van der Waals surface area contributed by atoms with Gasteiger partial charge in [0.1, 0.15) is 13.2 Å². The van der Waals surface area contributed by atoms with Crippen LogP contribution in [-0.4, -0.2) is 51.3 Å². The standard InChI is InChI=1S/C18H20O8/c1-11(19)25-9-13-5-7-15(17(21)23-3)16(18(22)24-4)8-6-14(13)10-26-12(2)20/h5-8H,9-10H2,1-4H3/b7-5-,8-6-,13-5?,14-6?,14-13-,15-7?,16-8?,16-15-. The summed E-state index contributed by atoms with van der Waals surface area (Å²) in [5.41, 5.74) is 0.927. The fourth-order valence-corrected chi connectivity index (χ4v) is 1.98. The monoisotopic (exact) mass is 364 g/mol. The smallest absolute Gasteiger partial charge is 0.338 e. The van der Waals surface area contributed by atoms with Gasteiger partial charge in [0.2, 0.25) is 0 Å². The predicted molar refractivity (Wildman–Crippen MR) is 89.6 cm³/mol. The van der Waals surface area contributed by atoms with Crippen LogP contribution in [0.3, 0.4) is 0 Å². The van der Waals surface area contributed by atoms with E-state index in [1.165, 1.54) is 52.4 Å². The minimum absolute atomic E-state index is 0.0255. The van der Waals surface area contributed by atoms with Crippen LogP contribution in [0.4, 0.5) is 0 Å². The molecule has 1 aliphatic carbocycles. The molecule has 0 aromatic rings. The Morgan fingerprint density at radius 1 is 0.692 bits per heavy atom. The molecule has 0 atom stereocenters. The van der Waals surface area contributed by atoms with E-state index in [2.05, 4.69) is 9.47 Å². The van der Waals surface area contributed by atoms with Gasteiger partial charge in [-0.05, 0) is 23.3 Å². The van der Waals surface area contributed by atoms with Crippen molar-refractivity contribution >= 4 is 23.9 Å². The van der Waals surface area contributed by atoms with Gasteiger partial charge in [-0.3, -0.25) is 9.59 Å². The third kappa shape index (κ3) is 6.04. The van der Waals surface area contributed by atoms with Crippen LogP contribution in [0.15, 0.2) is 46.6 Å². The van der Waals surface area contributed by atoms with Crippen molar-refractivity contribution in [3.63, 3.8) is 0 Å². The molecule has 0 spiro atoms. The van der Waals surface area contributed by atoms with E-state index in [-0.39, 0.29) is 24.4 Å². The van der Waals surface area contributed by atoms with Crippen molar-refractivity contribution in [2.75, 3.05) is 27.4 Å². The quantitative estimate of drug-likeness (QED) is 0.511. The van der Waals surface area contributed by atoms with Crippen LogP contribution in [0.5, 0.6) is 0 Å². The van der Waals surface area contributed by atoms with Gasteiger partial charge in [0, 0.05) is 13.8 Å². The molecule has 0 fully saturated rings. The first-order valence-electron chi connectivity index (χ1n) is 7.56. The minimum Gasteiger partial charge on any atom is -0.465 e. The summed E-state index contributed by atoms with van der Waals surface area (Å²) < 4.78 is 19.4. The van der Waals surface area contributed by atoms with Crippen molar-refractivity contribution in [2.24, 2.45) is 0 Å². The molecule has 0 saturated heterocycles. The molecular formula is C18H20O8. The summed E-state index contributed by atoms with van der Waals surface area (Å²) >= 11 is 0. The summed E-state index contributed by atoms with van der Waals surface area (Å²) in [7, 11) is 2.37. The summed E-state index contributed by atoms with van der Waals surface area (Å²) in [5.74, 6) is -2.46. The molecule has 0 aromatic carbocycles. The molecule has 8 heteroatoms. The number of ether oxygens (including phenoxy) is 4. The molecule has 26 heavy (non-hydrogen) atoms. The highest BCUT2D eigenvalue weighted by Gasteiger charge is 2.20. The minimum atomic E-state index is -0.735. The third-order valence-corrected chi connectivity index (χ3v) is 3.28. The number of methoxy groups -OCH3 is 2. The van der Waals surface area contributed by atoms with Gasteiger partial charge >= 0.3 is 23.9 Å². The van der Waals surface area contributed by atoms with Crippen molar-refractivity contribution < 1.29 is 38.1 Å². The highest BCUT2D eigenvalue weighted by Crippen LogP contribution is 2.20. The normalized spacial score (nSPS) is 21.7. The number of carbonyl (C=O) groups excluding carboxylic acids is 4. The summed E-state index contributed by atoms with van der Waals surface area (Å²) in [6.45, 7) is 2.30. The van der Waals surface area contributed by atoms with Crippen LogP contribution in [0.1, 0.15) is 13.8 Å². The van der Waals surface area contributed by atoms with Crippen LogP contribution < -0.4 is 0 Å². The highest BCUT2D eigenvalue weighted by atomic mass is 16.5. The van der Waals surface area contributed by atoms with E-state index in [9.17, 15) is 19.2 Å². The zero-order valence-corrected chi connectivity index (χ0v) is 15.0. The van der Waals surface area contributed by atoms with Gasteiger partial charge in [0.15, 0.2) is 0 Å². The van der Waals surface area contributed by atoms with Crippen LogP contribution in [0.2, 0.25) is 0 Å². The summed E-state index contributed by atoms with van der Waals surface area (Å²) in [4.78, 5) is 46.2. The predicted octanol–water partition coefficient (Wildman–Crippen LogP) is 1.18. The number of rotatable bonds is 6. The fraction of sp³-hybridized carbons (Fsp3) is 0.333. The second-order valence-corrected chi connectivity index (χ2v) is 5.09. The Morgan fingerprint density at radius 2 is 1.04 bits per heavy atom. The van der Waals surface area contributed by atoms with Gasteiger partial charge in [0.25, 0.3) is 0 Å². The van der Waals surface area contributed by atoms with Crippen molar-refractivity contribution in [1.29, 1.82) is 0 Å². The lowest BCUT2D eigenvalue weighted by Crippen LogP contribution is -2.15. The van der Waals surface area contributed by atoms with Crippen LogP contribution in [0.25, 0.3) is 0 Å². The molecule has 0 amide bonds. The molecule has 0 unspecified atom stereocenters. The van der Waals surface area contributed by atoms with Gasteiger partial charge in [0.05, 0.1) is 25.4 Å². The van der Waals surface area contributed by atoms with E-state index in [0.717, 1.165) is 0 Å². The van der Waals surface area contributed by atoms with E-state index in [1.54, 1.807) is 0 Å². The molecule has 0 N–H and O–H groups in total. The van der Waals surface area contributed by atoms with Gasteiger partial charge in [-0.25, -0.2) is 9.59 Å². The number of hydrogen-bond acceptors (Lipinski definition) is 8. The molecule has 1 aliphatic rings. The summed E-state index contributed by atoms with van der Waals surface area (Å²) in [5, 5.41) is 0. The van der Waals surface area contributed by atoms with Gasteiger partial charge < -0.3 is 18.9 Å². The first kappa shape index (κ1) is 20.9. The summed E-state index contributed by atoms with van der Waals surface area (Å²) in [6, 6.07) is 0. The zero-order chi connectivity index (χ0) is 19.7. The van der Waals surface area contributed by atoms with Gasteiger partial charge in [-0.15, -0.1) is 0 Å². The Bertz CT molecular complexity index is 661. The second-order valence-electron chi connectivity index (χ2n) is 5.09. The molecule has 0 saturated carbocycles. The molecule has 0 aliphatic heterocycles. The summed E-state index contributed by atoms with van der Waals surface area (Å²) in [6.07, 6.45) is 5.68. The lowest BCUT2D eigenvalue weighted by molar-refractivity contribution is -0.141. The first-order chi connectivity index (χ1) is 12.3. The van der Waals surface area contributed by atoms with E-state index in [4.69, 9.17) is 9.47 Å². The maximum atomic E-state index is 12.0. The Morgan fingerprint density at radius 3 is 1.31 bits per heavy atom. The average molecular weight is 364 g/mol. The van der Waals surface area contributed by atoms with E-state index in [0.29, 0.717) is 11.1 Å². The Labute approximate surface area is 150 Å². The highest BCUT2D eigenvalue weighted by molar-refractivity contribution is 6.04. The second kappa shape index (κ2) is 9.97. The van der Waals surface area contributed by atoms with E-state index >= 15 is 0 Å². The average Bonchev–Trinajstić information content (AvgIpc) is 2.58. The van der Waals surface area contributed by atoms with Gasteiger partial charge in [-0.1, -0.05) is 12.2 Å². The lowest BCUT2D eigenvalue weighted by Gasteiger charge is -2.14. The Hall–Kier alpha value is -3.16. The van der Waals surface area contributed by atoms with Crippen molar-refractivity contribution in [2.45, 2.75) is 13.8 Å². The molecular weight excluding hydrogens is 344 g/mol. The van der Waals surface area contributed by atoms with Gasteiger partial charge in [-0.2, -0.15) is 0 Å². The Balaban J connectivity index is 3.37. The molecule has 0 heterocycles. The van der Waals surface area contributed by atoms with Crippen molar-refractivity contribution in [1.82, 2.24) is 0 Å². The molecule has 1 rings (SSSR count). The van der Waals surface area contributed by atoms with Crippen molar-refractivity contribution in [3.05, 3.63) is 46.6 Å². The third-order valence-electron chi connectivity index (χ3n) is 3.28. The maximum absolute atomic E-state index is 12.0. The Kier molecular flexibility index (Phi) is 8.01. The van der Waals surface area contributed by atoms with E-state index in [1.807, 2.05) is 0 Å². The van der Waals surface area contributed by atoms with Crippen LogP contribution in [0, 0.1) is 0 Å². The lowest BCUT2D eigenvalue weighted by atomic mass is 9.99. The first-order valence-corrected chi connectivity index (χ1v) is 7.56. The zero-order valence-electron chi connectivity index (χ0n) is 15.0. The maximum Gasteiger partial charge on any atom is 0.338 e. The number of carbonyl (C=O) groups is 4. The molecule has 0 aromatic heterocycles. The topological polar surface area (TPSA) is 105 Å². The number of esters is 4. The molecule has 140 valence electrons.